The molecule has 0 saturated carbocycles. The number of aliphatic hydroxyl groups is 1. The number of ether oxygens (including phenoxy) is 2. The first kappa shape index (κ1) is 40.1. The molecule has 2 N–H and O–H groups in total. The molecule has 1 aliphatic carbocycles. The number of allylic oxidation sites excluding steroid dienone is 11. The van der Waals surface area contributed by atoms with Crippen LogP contribution in [0.15, 0.2) is 125 Å². The minimum Gasteiger partial charge on any atom is -0.511 e. The summed E-state index contributed by atoms with van der Waals surface area (Å²) in [7, 11) is 1.39. The lowest BCUT2D eigenvalue weighted by Gasteiger charge is -2.20. The molecule has 5 aliphatic heterocycles. The Hall–Kier alpha value is -5.15. The van der Waals surface area contributed by atoms with Gasteiger partial charge in [-0.05, 0) is 106 Å². The van der Waals surface area contributed by atoms with E-state index in [0.717, 1.165) is 121 Å². The van der Waals surface area contributed by atoms with Crippen LogP contribution in [0.2, 0.25) is 0 Å². The molecule has 3 atom stereocenters. The summed E-state index contributed by atoms with van der Waals surface area (Å²) >= 11 is 0. The van der Waals surface area contributed by atoms with E-state index in [4.69, 9.17) is 24.5 Å². The fourth-order valence-corrected chi connectivity index (χ4v) is 9.21. The zero-order valence-corrected chi connectivity index (χ0v) is 35.0. The number of unbranched alkanes of at least 4 members (excludes halogenated alkanes) is 3. The van der Waals surface area contributed by atoms with Gasteiger partial charge in [0.05, 0.1) is 53.0 Å². The number of Topliss-reactive ketones (excluding diaryl/α,β-unsaturated/α-hetero) is 1. The first-order valence-electron chi connectivity index (χ1n) is 20.7. The molecule has 9 nitrogen and oxygen atoms in total. The molecule has 0 amide bonds. The van der Waals surface area contributed by atoms with Crippen LogP contribution >= 0.6 is 0 Å². The van der Waals surface area contributed by atoms with E-state index >= 15 is 0 Å². The Labute approximate surface area is 337 Å². The molecule has 0 radical (unpaired) electrons. The average Bonchev–Trinajstić information content (AvgIpc) is 3.96. The number of aliphatic imine (C=N–C) groups is 3. The number of esters is 1. The van der Waals surface area contributed by atoms with E-state index in [1.165, 1.54) is 13.5 Å². The van der Waals surface area contributed by atoms with Crippen LogP contribution in [-0.2, 0) is 14.3 Å². The molecule has 0 aromatic heterocycles. The molecular weight excluding hydrogens is 713 g/mol. The summed E-state index contributed by atoms with van der Waals surface area (Å²) < 4.78 is 11.6. The van der Waals surface area contributed by atoms with Gasteiger partial charge < -0.3 is 24.7 Å². The summed E-state index contributed by atoms with van der Waals surface area (Å²) in [5, 5.41) is 15.5. The Morgan fingerprint density at radius 1 is 0.912 bits per heavy atom. The lowest BCUT2D eigenvalue weighted by atomic mass is 9.83. The number of rotatable bonds is 13. The number of hydrogen-bond acceptors (Lipinski definition) is 9. The van der Waals surface area contributed by atoms with Crippen molar-refractivity contribution in [1.29, 1.82) is 0 Å². The summed E-state index contributed by atoms with van der Waals surface area (Å²) in [4.78, 5) is 41.1. The zero-order chi connectivity index (χ0) is 40.7. The lowest BCUT2D eigenvalue weighted by Crippen LogP contribution is -2.17. The molecule has 57 heavy (non-hydrogen) atoms. The maximum Gasteiger partial charge on any atom is 0.337 e. The first-order chi connectivity index (χ1) is 27.4. The van der Waals surface area contributed by atoms with Gasteiger partial charge in [0.1, 0.15) is 11.5 Å². The molecule has 5 heterocycles. The summed E-state index contributed by atoms with van der Waals surface area (Å²) in [5.74, 6) is -0.0812. The number of nitrogens with one attached hydrogen (secondary N) is 1. The molecule has 9 heteroatoms. The molecule has 1 aromatic rings. The number of fused-ring (bicyclic) bond motifs is 5. The van der Waals surface area contributed by atoms with Gasteiger partial charge >= 0.3 is 5.97 Å². The summed E-state index contributed by atoms with van der Waals surface area (Å²) in [6, 6.07) is 7.51. The van der Waals surface area contributed by atoms with Gasteiger partial charge in [-0.1, -0.05) is 52.2 Å². The van der Waals surface area contributed by atoms with Crippen molar-refractivity contribution in [2.45, 2.75) is 113 Å². The molecule has 298 valence electrons. The van der Waals surface area contributed by atoms with Crippen LogP contribution in [0.1, 0.15) is 123 Å². The minimum atomic E-state index is -0.404. The number of nitrogens with zero attached hydrogens (tertiary/aromatic N) is 3. The third-order valence-corrected chi connectivity index (χ3v) is 12.4. The van der Waals surface area contributed by atoms with Crippen LogP contribution in [0, 0.1) is 11.8 Å². The predicted octanol–water partition coefficient (Wildman–Crippen LogP) is 10.3. The number of carbonyl (C=O) groups excluding carboxylic acids is 2. The van der Waals surface area contributed by atoms with E-state index in [2.05, 4.69) is 59.0 Å². The van der Waals surface area contributed by atoms with Gasteiger partial charge in [0.2, 0.25) is 0 Å². The van der Waals surface area contributed by atoms with Gasteiger partial charge in [-0.25, -0.2) is 19.8 Å². The highest BCUT2D eigenvalue weighted by molar-refractivity contribution is 6.34. The number of methoxy groups -OCH3 is 1. The van der Waals surface area contributed by atoms with Gasteiger partial charge in [-0.2, -0.15) is 0 Å². The fraction of sp³-hybridized carbons (Fsp3) is 0.438. The van der Waals surface area contributed by atoms with Crippen molar-refractivity contribution < 1.29 is 24.2 Å². The van der Waals surface area contributed by atoms with Crippen LogP contribution in [0.4, 0.5) is 0 Å². The van der Waals surface area contributed by atoms with Gasteiger partial charge in [-0.3, -0.25) is 0 Å². The average molecular weight is 769 g/mol. The second-order valence-electron chi connectivity index (χ2n) is 16.1. The van der Waals surface area contributed by atoms with Gasteiger partial charge in [0.25, 0.3) is 0 Å². The molecule has 1 aromatic carbocycles. The lowest BCUT2D eigenvalue weighted by molar-refractivity contribution is -0.117. The van der Waals surface area contributed by atoms with Crippen LogP contribution < -0.4 is 5.32 Å². The van der Waals surface area contributed by atoms with E-state index in [1.807, 2.05) is 19.1 Å². The second kappa shape index (κ2) is 16.4. The van der Waals surface area contributed by atoms with Crippen molar-refractivity contribution in [3.8, 4) is 0 Å². The van der Waals surface area contributed by atoms with Gasteiger partial charge in [0, 0.05) is 65.0 Å². The molecule has 1 unspecified atom stereocenters. The van der Waals surface area contributed by atoms with Gasteiger partial charge in [0.15, 0.2) is 0 Å². The Balaban J connectivity index is 1.51. The van der Waals surface area contributed by atoms with Crippen molar-refractivity contribution >= 4 is 34.5 Å². The van der Waals surface area contributed by atoms with Crippen molar-refractivity contribution in [2.24, 2.45) is 26.8 Å². The number of hydrogen-bond donors (Lipinski definition) is 2. The van der Waals surface area contributed by atoms with E-state index in [9.17, 15) is 14.7 Å². The maximum atomic E-state index is 12.6. The maximum absolute atomic E-state index is 12.6. The molecule has 0 spiro atoms. The van der Waals surface area contributed by atoms with Crippen LogP contribution in [0.5, 0.6) is 0 Å². The molecule has 1 fully saturated rings. The molecule has 7 rings (SSSR count). The van der Waals surface area contributed by atoms with Crippen LogP contribution in [0.25, 0.3) is 5.57 Å². The highest BCUT2D eigenvalue weighted by Crippen LogP contribution is 2.48. The fourth-order valence-electron chi connectivity index (χ4n) is 9.21. The van der Waals surface area contributed by atoms with E-state index < -0.39 is 5.97 Å². The van der Waals surface area contributed by atoms with E-state index in [1.54, 1.807) is 19.1 Å². The summed E-state index contributed by atoms with van der Waals surface area (Å²) in [5.41, 5.74) is 16.1. The standard InChI is InChI=1S/C48H56N4O5/c1-10-12-13-14-21-57-30(8)41-29(7)45-43(31-16-18-32(19-17-31)48(55)56-9)44-27(5)34(20-15-25(3)53)46(52-44)35-22-40(54)42-28(6)37(50-47(35)42)23-38-33(11-2)26(4)36(49-38)24-39(41)51-45/h16-19,23-24,27,30,34,52,54H,10-15,20-22H2,1-9H3/t27-,30?,34-/m0/s1. The molecular formula is C48H56N4O5. The predicted molar refractivity (Wildman–Crippen MR) is 228 cm³/mol. The Bertz CT molecular complexity index is 2280. The Kier molecular flexibility index (Phi) is 11.5. The monoisotopic (exact) mass is 768 g/mol. The van der Waals surface area contributed by atoms with Crippen molar-refractivity contribution in [3.63, 3.8) is 0 Å². The third kappa shape index (κ3) is 7.31. The topological polar surface area (TPSA) is 122 Å². The molecule has 1 saturated heterocycles. The third-order valence-electron chi connectivity index (χ3n) is 12.4. The Morgan fingerprint density at radius 2 is 1.67 bits per heavy atom. The minimum absolute atomic E-state index is 0.0542. The number of ketones is 1. The molecule has 6 aliphatic rings. The smallest absolute Gasteiger partial charge is 0.337 e. The second-order valence-corrected chi connectivity index (χ2v) is 16.1. The van der Waals surface area contributed by atoms with E-state index in [-0.39, 0.29) is 23.7 Å². The summed E-state index contributed by atoms with van der Waals surface area (Å²) in [6.45, 7) is 17.3. The quantitative estimate of drug-likeness (QED) is 0.152. The van der Waals surface area contributed by atoms with E-state index in [0.29, 0.717) is 37.2 Å². The van der Waals surface area contributed by atoms with Crippen LogP contribution in [-0.4, -0.2) is 53.8 Å². The SMILES string of the molecule is CCCCCCOC(C)C1=C(C)C2=NC1=CC1=NC(=CC3=C(C)C4=C(O)CC(=C5NC(=C2c2ccc(C(=O)OC)cc2)[C@@H](C)[C@@H]5CCC(C)=O)C4=N3)C(CC)=C1C. The first-order valence-corrected chi connectivity index (χ1v) is 20.7. The number of carbonyl (C=O) groups is 2. The van der Waals surface area contributed by atoms with Crippen molar-refractivity contribution in [1.82, 2.24) is 5.32 Å². The summed E-state index contributed by atoms with van der Waals surface area (Å²) in [6.07, 6.45) is 10.6. The van der Waals surface area contributed by atoms with Crippen molar-refractivity contribution in [3.05, 3.63) is 121 Å². The van der Waals surface area contributed by atoms with Crippen molar-refractivity contribution in [2.75, 3.05) is 13.7 Å². The largest absolute Gasteiger partial charge is 0.511 e. The highest BCUT2D eigenvalue weighted by Gasteiger charge is 2.43. The number of benzene rings is 1. The normalized spacial score (nSPS) is 22.0. The Morgan fingerprint density at radius 3 is 2.35 bits per heavy atom. The highest BCUT2D eigenvalue weighted by atomic mass is 16.5. The molecule has 8 bridgehead atoms. The van der Waals surface area contributed by atoms with Crippen LogP contribution in [0.3, 0.4) is 0 Å². The van der Waals surface area contributed by atoms with Gasteiger partial charge in [-0.15, -0.1) is 0 Å². The number of aliphatic hydroxyl groups excluding tert-OH is 1. The zero-order valence-electron chi connectivity index (χ0n) is 35.0.